The molecule has 1 aromatic rings. The van der Waals surface area contributed by atoms with Crippen molar-refractivity contribution in [3.63, 3.8) is 0 Å². The van der Waals surface area contributed by atoms with Gasteiger partial charge in [0.1, 0.15) is 10.9 Å². The van der Waals surface area contributed by atoms with Crippen molar-refractivity contribution in [1.82, 2.24) is 4.72 Å². The standard InChI is InChI=1S/C12H17NO6S2/c1-6(2)10(12(16)19-4)13-21(17,18)9-5-8(11(14)15)20-7(9)3/h5-6,10,13H,1-4H3,(H,14,15). The summed E-state index contributed by atoms with van der Waals surface area (Å²) in [6.45, 7) is 4.86. The first-order valence-electron chi connectivity index (χ1n) is 6.04. The first-order chi connectivity index (χ1) is 9.60. The van der Waals surface area contributed by atoms with E-state index in [4.69, 9.17) is 5.11 Å². The van der Waals surface area contributed by atoms with Gasteiger partial charge in [-0.2, -0.15) is 4.72 Å². The third-order valence-electron chi connectivity index (χ3n) is 2.78. The Bertz CT molecular complexity index is 647. The van der Waals surface area contributed by atoms with Crippen molar-refractivity contribution in [3.8, 4) is 0 Å². The summed E-state index contributed by atoms with van der Waals surface area (Å²) in [6, 6.07) is 0.0480. The number of ether oxygens (including phenoxy) is 1. The normalized spacial score (nSPS) is 13.2. The van der Waals surface area contributed by atoms with Crippen molar-refractivity contribution in [2.24, 2.45) is 5.92 Å². The molecule has 9 heteroatoms. The number of aromatic carboxylic acids is 1. The zero-order valence-electron chi connectivity index (χ0n) is 12.0. The summed E-state index contributed by atoms with van der Waals surface area (Å²) < 4.78 is 31.5. The van der Waals surface area contributed by atoms with E-state index in [1.165, 1.54) is 14.0 Å². The second-order valence-electron chi connectivity index (χ2n) is 4.70. The largest absolute Gasteiger partial charge is 0.477 e. The van der Waals surface area contributed by atoms with Crippen molar-refractivity contribution in [1.29, 1.82) is 0 Å². The van der Waals surface area contributed by atoms with Gasteiger partial charge < -0.3 is 9.84 Å². The lowest BCUT2D eigenvalue weighted by Crippen LogP contribution is -2.44. The van der Waals surface area contributed by atoms with Crippen molar-refractivity contribution in [2.45, 2.75) is 31.7 Å². The van der Waals surface area contributed by atoms with Gasteiger partial charge in [0.2, 0.25) is 10.0 Å². The lowest BCUT2D eigenvalue weighted by molar-refractivity contribution is -0.143. The smallest absolute Gasteiger partial charge is 0.345 e. The molecule has 0 saturated carbocycles. The summed E-state index contributed by atoms with van der Waals surface area (Å²) in [7, 11) is -2.84. The molecule has 1 heterocycles. The van der Waals surface area contributed by atoms with Gasteiger partial charge in [-0.25, -0.2) is 13.2 Å². The summed E-state index contributed by atoms with van der Waals surface area (Å²) in [4.78, 5) is 22.6. The van der Waals surface area contributed by atoms with Crippen LogP contribution in [-0.2, 0) is 19.6 Å². The number of carboxylic acid groups (broad SMARTS) is 1. The Morgan fingerprint density at radius 1 is 1.38 bits per heavy atom. The van der Waals surface area contributed by atoms with Gasteiger partial charge in [0.05, 0.1) is 12.0 Å². The number of rotatable bonds is 6. The molecule has 0 spiro atoms. The van der Waals surface area contributed by atoms with E-state index in [0.717, 1.165) is 17.4 Å². The van der Waals surface area contributed by atoms with E-state index in [2.05, 4.69) is 9.46 Å². The molecule has 1 aromatic heterocycles. The number of sulfonamides is 1. The molecule has 21 heavy (non-hydrogen) atoms. The van der Waals surface area contributed by atoms with Crippen molar-refractivity contribution in [2.75, 3.05) is 7.11 Å². The Kier molecular flexibility index (Phi) is 5.48. The van der Waals surface area contributed by atoms with Crippen LogP contribution in [0.15, 0.2) is 11.0 Å². The van der Waals surface area contributed by atoms with Crippen LogP contribution in [0.5, 0.6) is 0 Å². The molecule has 7 nitrogen and oxygen atoms in total. The van der Waals surface area contributed by atoms with Crippen LogP contribution in [0.4, 0.5) is 0 Å². The molecule has 0 fully saturated rings. The summed E-state index contributed by atoms with van der Waals surface area (Å²) in [6.07, 6.45) is 0. The SMILES string of the molecule is COC(=O)C(NS(=O)(=O)c1cc(C(=O)O)sc1C)C(C)C. The van der Waals surface area contributed by atoms with Crippen LogP contribution in [0, 0.1) is 12.8 Å². The van der Waals surface area contributed by atoms with Crippen LogP contribution in [0.1, 0.15) is 28.4 Å². The molecule has 0 radical (unpaired) electrons. The Labute approximate surface area is 127 Å². The Balaban J connectivity index is 3.16. The molecule has 0 aliphatic carbocycles. The minimum Gasteiger partial charge on any atom is -0.477 e. The van der Waals surface area contributed by atoms with Gasteiger partial charge in [-0.05, 0) is 18.9 Å². The molecule has 0 amide bonds. The molecule has 1 rings (SSSR count). The van der Waals surface area contributed by atoms with Gasteiger partial charge in [0.15, 0.2) is 0 Å². The number of carbonyl (C=O) groups is 2. The molecule has 0 aliphatic heterocycles. The number of carbonyl (C=O) groups excluding carboxylic acids is 1. The molecule has 0 aliphatic rings. The van der Waals surface area contributed by atoms with Crippen molar-refractivity contribution >= 4 is 33.3 Å². The predicted octanol–water partition coefficient (Wildman–Crippen LogP) is 1.23. The number of methoxy groups -OCH3 is 1. The second-order valence-corrected chi connectivity index (χ2v) is 7.64. The highest BCUT2D eigenvalue weighted by molar-refractivity contribution is 7.89. The number of carboxylic acids is 1. The molecule has 0 aromatic carbocycles. The van der Waals surface area contributed by atoms with E-state index >= 15 is 0 Å². The predicted molar refractivity (Wildman–Crippen MR) is 77.0 cm³/mol. The highest BCUT2D eigenvalue weighted by Gasteiger charge is 2.31. The monoisotopic (exact) mass is 335 g/mol. The quantitative estimate of drug-likeness (QED) is 0.757. The zero-order chi connectivity index (χ0) is 16.4. The summed E-state index contributed by atoms with van der Waals surface area (Å²) in [5.74, 6) is -2.21. The fraction of sp³-hybridized carbons (Fsp3) is 0.500. The van der Waals surface area contributed by atoms with Gasteiger partial charge in [-0.3, -0.25) is 4.79 Å². The van der Waals surface area contributed by atoms with Crippen molar-refractivity contribution in [3.05, 3.63) is 15.8 Å². The van der Waals surface area contributed by atoms with E-state index in [1.807, 2.05) is 0 Å². The lowest BCUT2D eigenvalue weighted by Gasteiger charge is -2.19. The molecule has 0 bridgehead atoms. The average molecular weight is 335 g/mol. The van der Waals surface area contributed by atoms with E-state index in [-0.39, 0.29) is 15.7 Å². The lowest BCUT2D eigenvalue weighted by atomic mass is 10.1. The highest BCUT2D eigenvalue weighted by Crippen LogP contribution is 2.26. The molecule has 1 unspecified atom stereocenters. The van der Waals surface area contributed by atoms with Crippen LogP contribution in [0.25, 0.3) is 0 Å². The number of nitrogens with one attached hydrogen (secondary N) is 1. The minimum atomic E-state index is -4.01. The third kappa shape index (κ3) is 4.02. The number of esters is 1. The number of aryl methyl sites for hydroxylation is 1. The maximum Gasteiger partial charge on any atom is 0.345 e. The van der Waals surface area contributed by atoms with Crippen LogP contribution in [0.3, 0.4) is 0 Å². The number of hydrogen-bond donors (Lipinski definition) is 2. The second kappa shape index (κ2) is 6.54. The zero-order valence-corrected chi connectivity index (χ0v) is 13.7. The van der Waals surface area contributed by atoms with Crippen LogP contribution < -0.4 is 4.72 Å². The van der Waals surface area contributed by atoms with Crippen LogP contribution in [-0.4, -0.2) is 38.6 Å². The van der Waals surface area contributed by atoms with Crippen LogP contribution in [0.2, 0.25) is 0 Å². The number of hydrogen-bond acceptors (Lipinski definition) is 6. The average Bonchev–Trinajstić information content (AvgIpc) is 2.78. The van der Waals surface area contributed by atoms with Crippen molar-refractivity contribution < 1.29 is 27.9 Å². The molecular weight excluding hydrogens is 318 g/mol. The first-order valence-corrected chi connectivity index (χ1v) is 8.34. The highest BCUT2D eigenvalue weighted by atomic mass is 32.2. The van der Waals surface area contributed by atoms with E-state index in [0.29, 0.717) is 4.88 Å². The first kappa shape index (κ1) is 17.6. The van der Waals surface area contributed by atoms with Gasteiger partial charge in [0.25, 0.3) is 0 Å². The topological polar surface area (TPSA) is 110 Å². The van der Waals surface area contributed by atoms with Crippen LogP contribution >= 0.6 is 11.3 Å². The van der Waals surface area contributed by atoms with E-state index in [1.54, 1.807) is 13.8 Å². The molecular formula is C12H17NO6S2. The molecule has 2 N–H and O–H groups in total. The summed E-state index contributed by atoms with van der Waals surface area (Å²) in [5, 5.41) is 8.91. The van der Waals surface area contributed by atoms with Gasteiger partial charge in [-0.15, -0.1) is 11.3 Å². The number of thiophene rings is 1. The maximum absolute atomic E-state index is 12.3. The Hall–Kier alpha value is -1.45. The van der Waals surface area contributed by atoms with E-state index < -0.39 is 28.0 Å². The fourth-order valence-corrected chi connectivity index (χ4v) is 4.41. The maximum atomic E-state index is 12.3. The molecule has 1 atom stereocenters. The minimum absolute atomic E-state index is 0.0768. The molecule has 0 saturated heterocycles. The molecule has 118 valence electrons. The fourth-order valence-electron chi connectivity index (χ4n) is 1.65. The summed E-state index contributed by atoms with van der Waals surface area (Å²) in [5.41, 5.74) is 0. The Morgan fingerprint density at radius 3 is 2.33 bits per heavy atom. The van der Waals surface area contributed by atoms with Gasteiger partial charge in [0, 0.05) is 4.88 Å². The van der Waals surface area contributed by atoms with Gasteiger partial charge in [-0.1, -0.05) is 13.8 Å². The van der Waals surface area contributed by atoms with Gasteiger partial charge >= 0.3 is 11.9 Å². The van der Waals surface area contributed by atoms with E-state index in [9.17, 15) is 18.0 Å². The summed E-state index contributed by atoms with van der Waals surface area (Å²) >= 11 is 0.864. The third-order valence-corrected chi connectivity index (χ3v) is 5.51. The Morgan fingerprint density at radius 2 is 1.95 bits per heavy atom.